The van der Waals surface area contributed by atoms with Crippen LogP contribution in [0.1, 0.15) is 11.4 Å². The molecule has 0 fully saturated rings. The van der Waals surface area contributed by atoms with Gasteiger partial charge in [-0.15, -0.1) is 11.8 Å². The molecule has 2 N–H and O–H groups in total. The normalized spacial score (nSPS) is 11.4. The second-order valence-electron chi connectivity index (χ2n) is 6.44. The van der Waals surface area contributed by atoms with Crippen LogP contribution in [0, 0.1) is 0 Å². The summed E-state index contributed by atoms with van der Waals surface area (Å²) in [6.07, 6.45) is 4.72. The van der Waals surface area contributed by atoms with E-state index in [-0.39, 0.29) is 0 Å². The van der Waals surface area contributed by atoms with E-state index in [1.807, 2.05) is 42.7 Å². The number of nitrogens with one attached hydrogen (secondary N) is 2. The molecule has 1 aromatic heterocycles. The standard InChI is InChI=1S/C22H26ClN5S/c1-24-22(27-14-16-29-20-9-7-19(23)8-10-20)26-12-11-21-25-13-15-28(21)17-18-5-3-2-4-6-18/h2-10,13,15H,11-12,14,16-17H2,1H3,(H2,24,26,27). The monoisotopic (exact) mass is 427 g/mol. The molecule has 2 aromatic carbocycles. The van der Waals surface area contributed by atoms with E-state index in [9.17, 15) is 0 Å². The second-order valence-corrected chi connectivity index (χ2v) is 8.04. The van der Waals surface area contributed by atoms with Crippen LogP contribution in [-0.4, -0.2) is 41.4 Å². The third-order valence-electron chi connectivity index (χ3n) is 4.34. The topological polar surface area (TPSA) is 54.2 Å². The van der Waals surface area contributed by atoms with Gasteiger partial charge in [-0.3, -0.25) is 4.99 Å². The van der Waals surface area contributed by atoms with Gasteiger partial charge in [0.05, 0.1) is 0 Å². The fourth-order valence-electron chi connectivity index (χ4n) is 2.87. The highest BCUT2D eigenvalue weighted by molar-refractivity contribution is 7.99. The number of benzene rings is 2. The van der Waals surface area contributed by atoms with Crippen molar-refractivity contribution in [3.63, 3.8) is 0 Å². The van der Waals surface area contributed by atoms with E-state index in [1.165, 1.54) is 10.5 Å². The Balaban J connectivity index is 1.38. The lowest BCUT2D eigenvalue weighted by Crippen LogP contribution is -2.39. The smallest absolute Gasteiger partial charge is 0.191 e. The molecule has 0 aliphatic heterocycles. The van der Waals surface area contributed by atoms with Gasteiger partial charge in [0.25, 0.3) is 0 Å². The van der Waals surface area contributed by atoms with E-state index in [1.54, 1.807) is 18.8 Å². The number of hydrogen-bond acceptors (Lipinski definition) is 3. The molecule has 152 valence electrons. The zero-order valence-corrected chi connectivity index (χ0v) is 18.1. The van der Waals surface area contributed by atoms with Gasteiger partial charge in [0.1, 0.15) is 5.82 Å². The molecule has 29 heavy (non-hydrogen) atoms. The van der Waals surface area contributed by atoms with Gasteiger partial charge in [-0.25, -0.2) is 4.98 Å². The number of imidazole rings is 1. The molecule has 0 amide bonds. The Morgan fingerprint density at radius 1 is 1.07 bits per heavy atom. The molecule has 1 heterocycles. The predicted octanol–water partition coefficient (Wildman–Crippen LogP) is 4.08. The number of thioether (sulfide) groups is 1. The van der Waals surface area contributed by atoms with E-state index >= 15 is 0 Å². The van der Waals surface area contributed by atoms with Gasteiger partial charge in [-0.2, -0.15) is 0 Å². The summed E-state index contributed by atoms with van der Waals surface area (Å²) in [6.45, 7) is 2.44. The fourth-order valence-corrected chi connectivity index (χ4v) is 3.77. The first-order valence-corrected chi connectivity index (χ1v) is 11.0. The predicted molar refractivity (Wildman–Crippen MR) is 123 cm³/mol. The average molecular weight is 428 g/mol. The molecule has 0 bridgehead atoms. The van der Waals surface area contributed by atoms with Crippen molar-refractivity contribution in [3.8, 4) is 0 Å². The number of nitrogens with zero attached hydrogens (tertiary/aromatic N) is 3. The fraction of sp³-hybridized carbons (Fsp3) is 0.273. The SMILES string of the molecule is CN=C(NCCSc1ccc(Cl)cc1)NCCc1nccn1Cc1ccccc1. The molecule has 0 spiro atoms. The first-order chi connectivity index (χ1) is 14.2. The molecule has 0 saturated carbocycles. The highest BCUT2D eigenvalue weighted by atomic mass is 35.5. The van der Waals surface area contributed by atoms with Crippen LogP contribution < -0.4 is 10.6 Å². The van der Waals surface area contributed by atoms with Crippen molar-refractivity contribution in [1.29, 1.82) is 0 Å². The van der Waals surface area contributed by atoms with E-state index in [0.717, 1.165) is 48.6 Å². The minimum atomic E-state index is 0.765. The van der Waals surface area contributed by atoms with Crippen molar-refractivity contribution in [3.05, 3.63) is 83.4 Å². The zero-order chi connectivity index (χ0) is 20.3. The molecule has 7 heteroatoms. The van der Waals surface area contributed by atoms with Gasteiger partial charge in [0.2, 0.25) is 0 Å². The highest BCUT2D eigenvalue weighted by Gasteiger charge is 2.05. The molecule has 0 saturated heterocycles. The number of hydrogen-bond donors (Lipinski definition) is 2. The largest absolute Gasteiger partial charge is 0.356 e. The maximum Gasteiger partial charge on any atom is 0.191 e. The van der Waals surface area contributed by atoms with Gasteiger partial charge in [-0.1, -0.05) is 41.9 Å². The van der Waals surface area contributed by atoms with E-state index in [0.29, 0.717) is 0 Å². The van der Waals surface area contributed by atoms with Crippen molar-refractivity contribution < 1.29 is 0 Å². The lowest BCUT2D eigenvalue weighted by Gasteiger charge is -2.12. The summed E-state index contributed by atoms with van der Waals surface area (Å²) in [5.74, 6) is 2.82. The van der Waals surface area contributed by atoms with Crippen LogP contribution in [-0.2, 0) is 13.0 Å². The van der Waals surface area contributed by atoms with E-state index in [4.69, 9.17) is 11.6 Å². The van der Waals surface area contributed by atoms with Crippen LogP contribution in [0.3, 0.4) is 0 Å². The Morgan fingerprint density at radius 3 is 2.59 bits per heavy atom. The molecule has 5 nitrogen and oxygen atoms in total. The van der Waals surface area contributed by atoms with Crippen molar-refractivity contribution in [1.82, 2.24) is 20.2 Å². The van der Waals surface area contributed by atoms with Crippen LogP contribution in [0.15, 0.2) is 76.9 Å². The van der Waals surface area contributed by atoms with Crippen molar-refractivity contribution in [2.45, 2.75) is 17.9 Å². The maximum atomic E-state index is 5.92. The summed E-state index contributed by atoms with van der Waals surface area (Å²) in [5.41, 5.74) is 1.27. The quantitative estimate of drug-likeness (QED) is 0.234. The summed E-state index contributed by atoms with van der Waals surface area (Å²) in [5, 5.41) is 7.48. The number of aliphatic imine (C=N–C) groups is 1. The number of guanidine groups is 1. The molecule has 0 aliphatic rings. The number of halogens is 1. The molecule has 3 aromatic rings. The molecule has 0 radical (unpaired) electrons. The Labute approximate surface area is 181 Å². The van der Waals surface area contributed by atoms with E-state index < -0.39 is 0 Å². The lowest BCUT2D eigenvalue weighted by molar-refractivity contribution is 0.696. The summed E-state index contributed by atoms with van der Waals surface area (Å²) in [7, 11) is 1.79. The molecule has 0 atom stereocenters. The van der Waals surface area contributed by atoms with Crippen molar-refractivity contribution in [2.75, 3.05) is 25.9 Å². The number of rotatable bonds is 9. The van der Waals surface area contributed by atoms with Gasteiger partial charge in [-0.05, 0) is 29.8 Å². The van der Waals surface area contributed by atoms with Gasteiger partial charge < -0.3 is 15.2 Å². The second kappa shape index (κ2) is 11.5. The van der Waals surface area contributed by atoms with E-state index in [2.05, 4.69) is 49.4 Å². The Hall–Kier alpha value is -2.44. The van der Waals surface area contributed by atoms with Crippen molar-refractivity contribution >= 4 is 29.3 Å². The van der Waals surface area contributed by atoms with Crippen LogP contribution in [0.5, 0.6) is 0 Å². The van der Waals surface area contributed by atoms with Gasteiger partial charge in [0.15, 0.2) is 5.96 Å². The van der Waals surface area contributed by atoms with Crippen LogP contribution in [0.25, 0.3) is 0 Å². The van der Waals surface area contributed by atoms with Crippen LogP contribution >= 0.6 is 23.4 Å². The molecular weight excluding hydrogens is 402 g/mol. The first-order valence-electron chi connectivity index (χ1n) is 9.61. The molecule has 0 aliphatic carbocycles. The highest BCUT2D eigenvalue weighted by Crippen LogP contribution is 2.19. The summed E-state index contributed by atoms with van der Waals surface area (Å²) in [4.78, 5) is 10.0. The Bertz CT molecular complexity index is 893. The molecule has 3 rings (SSSR count). The van der Waals surface area contributed by atoms with Gasteiger partial charge >= 0.3 is 0 Å². The Morgan fingerprint density at radius 2 is 1.83 bits per heavy atom. The molecular formula is C22H26ClN5S. The maximum absolute atomic E-state index is 5.92. The number of aromatic nitrogens is 2. The first kappa shape index (κ1) is 21.3. The zero-order valence-electron chi connectivity index (χ0n) is 16.5. The molecule has 0 unspecified atom stereocenters. The minimum Gasteiger partial charge on any atom is -0.356 e. The van der Waals surface area contributed by atoms with Gasteiger partial charge in [0, 0.05) is 61.2 Å². The Kier molecular flexibility index (Phi) is 8.46. The third kappa shape index (κ3) is 7.15. The van der Waals surface area contributed by atoms with Crippen LogP contribution in [0.4, 0.5) is 0 Å². The third-order valence-corrected chi connectivity index (χ3v) is 5.60. The minimum absolute atomic E-state index is 0.765. The summed E-state index contributed by atoms with van der Waals surface area (Å²) < 4.78 is 2.19. The summed E-state index contributed by atoms with van der Waals surface area (Å²) >= 11 is 7.71. The summed E-state index contributed by atoms with van der Waals surface area (Å²) in [6, 6.07) is 18.3. The lowest BCUT2D eigenvalue weighted by atomic mass is 10.2. The van der Waals surface area contributed by atoms with Crippen LogP contribution in [0.2, 0.25) is 5.02 Å². The average Bonchev–Trinajstić information content (AvgIpc) is 3.18. The van der Waals surface area contributed by atoms with Crippen molar-refractivity contribution in [2.24, 2.45) is 4.99 Å².